The van der Waals surface area contributed by atoms with Crippen LogP contribution in [0.4, 0.5) is 21.2 Å². The van der Waals surface area contributed by atoms with Gasteiger partial charge >= 0.3 is 0 Å². The summed E-state index contributed by atoms with van der Waals surface area (Å²) in [6.45, 7) is 6.99. The first-order chi connectivity index (χ1) is 21.9. The van der Waals surface area contributed by atoms with Crippen LogP contribution >= 0.6 is 0 Å². The van der Waals surface area contributed by atoms with E-state index in [2.05, 4.69) is 0 Å². The molecule has 0 bridgehead atoms. The molecule has 0 aliphatic carbocycles. The van der Waals surface area contributed by atoms with Crippen molar-refractivity contribution in [3.63, 3.8) is 0 Å². The number of benzene rings is 2. The van der Waals surface area contributed by atoms with Crippen LogP contribution in [0.2, 0.25) is 18.6 Å². The Morgan fingerprint density at radius 3 is 2.24 bits per heavy atom. The third kappa shape index (κ3) is 4.79. The number of rotatable bonds is 8. The van der Waals surface area contributed by atoms with Crippen LogP contribution in [0.5, 0.6) is 0 Å². The summed E-state index contributed by atoms with van der Waals surface area (Å²) in [7, 11) is -3.50. The van der Waals surface area contributed by atoms with Crippen LogP contribution in [-0.4, -0.2) is 80.4 Å². The van der Waals surface area contributed by atoms with Gasteiger partial charge in [0.15, 0.2) is 5.60 Å². The van der Waals surface area contributed by atoms with E-state index in [1.165, 1.54) is 0 Å². The first-order valence-corrected chi connectivity index (χ1v) is 19.3. The standard InChI is InChI=1S/C34H41FN4O6Si/c1-21-32(46(2,3)35)28(18-31(43)36-14-4-5-25(36)20-40)45-34(21)26-17-24(38-16-13-30(38)42)10-11-27(26)39(33(34)44)19-22-6-8-23(9-7-22)37-15-12-29(37)41/h6-11,17,21,25,28,32,40H,4-5,12-16,18-20H2,1-3H3/t21-,25-,28+,32-,34+/m0/s1. The monoisotopic (exact) mass is 648 g/mol. The number of ether oxygens (including phenoxy) is 1. The van der Waals surface area contributed by atoms with Gasteiger partial charge in [-0.3, -0.25) is 19.2 Å². The highest BCUT2D eigenvalue weighted by Crippen LogP contribution is 2.61. The molecular formula is C34H41FN4O6Si. The Bertz CT molecular complexity index is 1600. The van der Waals surface area contributed by atoms with Gasteiger partial charge in [0.05, 0.1) is 37.4 Å². The summed E-state index contributed by atoms with van der Waals surface area (Å²) in [4.78, 5) is 59.5. The maximum atomic E-state index is 16.3. The van der Waals surface area contributed by atoms with Crippen molar-refractivity contribution < 1.29 is 33.1 Å². The number of amides is 4. The Kier molecular flexibility index (Phi) is 7.60. The topological polar surface area (TPSA) is 111 Å². The van der Waals surface area contributed by atoms with Gasteiger partial charge in [-0.15, -0.1) is 0 Å². The van der Waals surface area contributed by atoms with Crippen LogP contribution in [0.25, 0.3) is 0 Å². The zero-order valence-corrected chi connectivity index (χ0v) is 27.6. The largest absolute Gasteiger partial charge is 0.394 e. The Morgan fingerprint density at radius 1 is 1.00 bits per heavy atom. The highest BCUT2D eigenvalue weighted by atomic mass is 28.4. The molecule has 7 rings (SSSR count). The fourth-order valence-corrected chi connectivity index (χ4v) is 10.8. The predicted octanol–water partition coefficient (Wildman–Crippen LogP) is 3.86. The lowest BCUT2D eigenvalue weighted by molar-refractivity contribution is -0.150. The van der Waals surface area contributed by atoms with E-state index in [1.807, 2.05) is 49.4 Å². The second-order valence-corrected chi connectivity index (χ2v) is 17.7. The fourth-order valence-electron chi connectivity index (χ4n) is 8.34. The van der Waals surface area contributed by atoms with E-state index in [0.717, 1.165) is 24.1 Å². The van der Waals surface area contributed by atoms with Gasteiger partial charge in [-0.1, -0.05) is 19.1 Å². The third-order valence-electron chi connectivity index (χ3n) is 10.8. The number of aliphatic hydroxyl groups is 1. The van der Waals surface area contributed by atoms with Crippen LogP contribution in [0.15, 0.2) is 42.5 Å². The minimum atomic E-state index is -3.50. The van der Waals surface area contributed by atoms with Crippen LogP contribution < -0.4 is 14.7 Å². The van der Waals surface area contributed by atoms with E-state index in [1.54, 1.807) is 32.7 Å². The molecule has 2 aromatic carbocycles. The number of carbonyl (C=O) groups excluding carboxylic acids is 4. The van der Waals surface area contributed by atoms with E-state index < -0.39 is 31.6 Å². The van der Waals surface area contributed by atoms with Gasteiger partial charge < -0.3 is 33.6 Å². The Balaban J connectivity index is 1.26. The summed E-state index contributed by atoms with van der Waals surface area (Å²) in [6, 6.07) is 12.8. The number of halogens is 1. The van der Waals surface area contributed by atoms with Crippen molar-refractivity contribution in [3.05, 3.63) is 53.6 Å². The summed E-state index contributed by atoms with van der Waals surface area (Å²) in [5.41, 5.74) is 1.39. The molecule has 10 nitrogen and oxygen atoms in total. The highest BCUT2D eigenvalue weighted by molar-refractivity contribution is 6.72. The maximum Gasteiger partial charge on any atom is 0.264 e. The second-order valence-electron chi connectivity index (χ2n) is 13.9. The number of likely N-dealkylation sites (tertiary alicyclic amines) is 1. The van der Waals surface area contributed by atoms with Gasteiger partial charge in [-0.05, 0) is 61.8 Å². The van der Waals surface area contributed by atoms with Crippen molar-refractivity contribution >= 4 is 49.1 Å². The van der Waals surface area contributed by atoms with Crippen LogP contribution in [0.1, 0.15) is 50.2 Å². The molecule has 5 heterocycles. The molecular weight excluding hydrogens is 607 g/mol. The fraction of sp³-hybridized carbons (Fsp3) is 0.529. The molecule has 1 N–H and O–H groups in total. The molecule has 2 aromatic rings. The quantitative estimate of drug-likeness (QED) is 0.265. The molecule has 1 spiro atoms. The van der Waals surface area contributed by atoms with Crippen molar-refractivity contribution in [3.8, 4) is 0 Å². The van der Waals surface area contributed by atoms with Crippen molar-refractivity contribution in [2.75, 3.05) is 40.9 Å². The van der Waals surface area contributed by atoms with Crippen molar-refractivity contribution in [1.29, 1.82) is 0 Å². The van der Waals surface area contributed by atoms with Crippen LogP contribution in [0, 0.1) is 5.92 Å². The minimum absolute atomic E-state index is 0.000887. The maximum absolute atomic E-state index is 16.3. The van der Waals surface area contributed by atoms with E-state index in [9.17, 15) is 24.3 Å². The molecule has 46 heavy (non-hydrogen) atoms. The van der Waals surface area contributed by atoms with Crippen molar-refractivity contribution in [2.45, 2.75) is 82.0 Å². The second kappa shape index (κ2) is 11.3. The van der Waals surface area contributed by atoms with E-state index in [0.29, 0.717) is 49.4 Å². The number of fused-ring (bicyclic) bond motifs is 2. The van der Waals surface area contributed by atoms with Crippen molar-refractivity contribution in [2.24, 2.45) is 5.92 Å². The molecule has 5 atom stereocenters. The molecule has 12 heteroatoms. The molecule has 4 amide bonds. The molecule has 4 fully saturated rings. The molecule has 0 radical (unpaired) electrons. The number of aliphatic hydroxyl groups excluding tert-OH is 1. The minimum Gasteiger partial charge on any atom is -0.394 e. The number of anilines is 3. The van der Waals surface area contributed by atoms with Gasteiger partial charge in [-0.2, -0.15) is 0 Å². The van der Waals surface area contributed by atoms with E-state index >= 15 is 4.11 Å². The summed E-state index contributed by atoms with van der Waals surface area (Å²) in [5, 5.41) is 9.84. The molecule has 4 saturated heterocycles. The molecule has 244 valence electrons. The number of hydrogen-bond acceptors (Lipinski definition) is 6. The predicted molar refractivity (Wildman–Crippen MR) is 173 cm³/mol. The van der Waals surface area contributed by atoms with Gasteiger partial charge in [0.2, 0.25) is 26.1 Å². The summed E-state index contributed by atoms with van der Waals surface area (Å²) < 4.78 is 23.1. The lowest BCUT2D eigenvalue weighted by Crippen LogP contribution is -2.45. The Labute approximate surface area is 269 Å². The first kappa shape index (κ1) is 31.0. The molecule has 0 saturated carbocycles. The molecule has 5 aliphatic rings. The Hall–Kier alpha value is -3.61. The number of hydrogen-bond donors (Lipinski definition) is 1. The number of β-lactam (4-membered cyclic amide) rings is 2. The molecule has 0 unspecified atom stereocenters. The lowest BCUT2D eigenvalue weighted by atomic mass is 9.82. The van der Waals surface area contributed by atoms with Gasteiger partial charge in [0.25, 0.3) is 5.91 Å². The number of nitrogens with zero attached hydrogens (tertiary/aromatic N) is 4. The molecule has 5 aliphatic heterocycles. The average Bonchev–Trinajstić information content (AvgIpc) is 3.67. The zero-order chi connectivity index (χ0) is 32.5. The van der Waals surface area contributed by atoms with E-state index in [-0.39, 0.29) is 49.2 Å². The van der Waals surface area contributed by atoms with Crippen LogP contribution in [0.3, 0.4) is 0 Å². The summed E-state index contributed by atoms with van der Waals surface area (Å²) in [5.74, 6) is -1.00. The van der Waals surface area contributed by atoms with E-state index in [4.69, 9.17) is 4.74 Å². The van der Waals surface area contributed by atoms with Gasteiger partial charge in [0.1, 0.15) is 0 Å². The normalized spacial score (nSPS) is 29.1. The first-order valence-electron chi connectivity index (χ1n) is 16.4. The van der Waals surface area contributed by atoms with Crippen LogP contribution in [-0.2, 0) is 36.1 Å². The summed E-state index contributed by atoms with van der Waals surface area (Å²) >= 11 is 0. The SMILES string of the molecule is C[C@H]1[C@H]([Si](C)(C)F)[C@@H](CC(=O)N2CCC[C@H]2CO)O[C@]12C(=O)N(Cc1ccc(N3CCC3=O)cc1)c1ccc(N3CCC3=O)cc12. The highest BCUT2D eigenvalue weighted by Gasteiger charge is 2.67. The van der Waals surface area contributed by atoms with Gasteiger partial charge in [-0.25, -0.2) is 0 Å². The Morgan fingerprint density at radius 2 is 1.65 bits per heavy atom. The smallest absolute Gasteiger partial charge is 0.264 e. The molecule has 0 aromatic heterocycles. The average molecular weight is 649 g/mol. The lowest BCUT2D eigenvalue weighted by Gasteiger charge is -2.33. The third-order valence-corrected chi connectivity index (χ3v) is 13.3. The summed E-state index contributed by atoms with van der Waals surface area (Å²) in [6.07, 6.45) is 1.61. The van der Waals surface area contributed by atoms with Gasteiger partial charge in [0, 0.05) is 60.9 Å². The number of carbonyl (C=O) groups is 4. The zero-order valence-electron chi connectivity index (χ0n) is 26.6. The van der Waals surface area contributed by atoms with Crippen molar-refractivity contribution in [1.82, 2.24) is 4.90 Å².